The molecule has 38 heavy (non-hydrogen) atoms. The van der Waals surface area contributed by atoms with Crippen LogP contribution >= 0.6 is 11.8 Å². The molecule has 6 rings (SSSR count). The first kappa shape index (κ1) is 24.9. The number of aromatic nitrogens is 7. The number of nitrogens with one attached hydrogen (secondary N) is 1. The molecule has 2 aliphatic carbocycles. The monoisotopic (exact) mass is 528 g/mol. The zero-order chi connectivity index (χ0) is 26.2. The lowest BCUT2D eigenvalue weighted by atomic mass is 10.0. The number of hydrogen-bond donors (Lipinski definition) is 1. The van der Waals surface area contributed by atoms with Crippen LogP contribution in [0.5, 0.6) is 0 Å². The number of pyridine rings is 1. The Morgan fingerprint density at radius 1 is 1.00 bits per heavy atom. The molecule has 4 aromatic rings. The van der Waals surface area contributed by atoms with Crippen LogP contribution in [-0.4, -0.2) is 40.2 Å². The van der Waals surface area contributed by atoms with Gasteiger partial charge in [-0.05, 0) is 56.4 Å². The van der Waals surface area contributed by atoms with Gasteiger partial charge in [-0.1, -0.05) is 19.9 Å². The molecule has 0 aromatic carbocycles. The molecule has 1 N–H and O–H groups in total. The molecule has 196 valence electrons. The van der Waals surface area contributed by atoms with Crippen LogP contribution in [-0.2, 0) is 6.54 Å². The summed E-state index contributed by atoms with van der Waals surface area (Å²) < 4.78 is 1.76. The second-order valence-electron chi connectivity index (χ2n) is 10.2. The average molecular weight is 529 g/mol. The highest BCUT2D eigenvalue weighted by Crippen LogP contribution is 2.48. The van der Waals surface area contributed by atoms with Gasteiger partial charge in [0.15, 0.2) is 17.3 Å². The lowest BCUT2D eigenvalue weighted by Gasteiger charge is -2.18. The van der Waals surface area contributed by atoms with Crippen LogP contribution in [0.15, 0.2) is 40.7 Å². The number of rotatable bonds is 10. The summed E-state index contributed by atoms with van der Waals surface area (Å²) >= 11 is 1.70. The first-order valence-corrected chi connectivity index (χ1v) is 14.5. The molecule has 10 heteroatoms. The number of fused-ring (bicyclic) bond motifs is 1. The van der Waals surface area contributed by atoms with E-state index in [0.717, 1.165) is 65.4 Å². The second kappa shape index (κ2) is 10.4. The van der Waals surface area contributed by atoms with Gasteiger partial charge in [-0.3, -0.25) is 9.36 Å². The maximum Gasteiger partial charge on any atom is 0.295 e. The van der Waals surface area contributed by atoms with Crippen molar-refractivity contribution in [1.29, 1.82) is 0 Å². The highest BCUT2D eigenvalue weighted by atomic mass is 32.2. The maximum absolute atomic E-state index is 13.7. The molecule has 0 radical (unpaired) electrons. The van der Waals surface area contributed by atoms with Gasteiger partial charge >= 0.3 is 0 Å². The Bertz CT molecular complexity index is 1500. The molecule has 0 aliphatic heterocycles. The third kappa shape index (κ3) is 4.89. The lowest BCUT2D eigenvalue weighted by molar-refractivity contribution is 0.526. The summed E-state index contributed by atoms with van der Waals surface area (Å²) in [5.41, 5.74) is 4.98. The fourth-order valence-corrected chi connectivity index (χ4v) is 5.33. The van der Waals surface area contributed by atoms with E-state index in [1.807, 2.05) is 25.3 Å². The third-order valence-electron chi connectivity index (χ3n) is 7.27. The van der Waals surface area contributed by atoms with Crippen LogP contribution in [0, 0.1) is 0 Å². The SMILES string of the molecule is CCSc1ccc(CNc2nc3cnc(-c4c(C5CC5)ncnc4C4CC4)nc3n([C@H](C)CC)c2=O)cn1. The summed E-state index contributed by atoms with van der Waals surface area (Å²) in [4.78, 5) is 41.9. The molecule has 0 saturated heterocycles. The van der Waals surface area contributed by atoms with Crippen molar-refractivity contribution in [3.63, 3.8) is 0 Å². The van der Waals surface area contributed by atoms with E-state index in [4.69, 9.17) is 9.97 Å². The fourth-order valence-electron chi connectivity index (χ4n) is 4.74. The van der Waals surface area contributed by atoms with E-state index in [1.165, 1.54) is 0 Å². The van der Waals surface area contributed by atoms with Gasteiger partial charge in [0.25, 0.3) is 5.56 Å². The maximum atomic E-state index is 13.7. The summed E-state index contributed by atoms with van der Waals surface area (Å²) in [6, 6.07) is 3.98. The molecule has 4 aromatic heterocycles. The summed E-state index contributed by atoms with van der Waals surface area (Å²) in [6.07, 6.45) is 10.6. The van der Waals surface area contributed by atoms with Crippen molar-refractivity contribution in [3.05, 3.63) is 58.2 Å². The summed E-state index contributed by atoms with van der Waals surface area (Å²) in [6.45, 7) is 6.67. The standard InChI is InChI=1S/C28H32N8OS/c1-4-16(3)36-27-20(34-26(28(36)37)30-13-17-6-11-21(29-12-17)38-5-2)14-31-25(35-27)22-23(18-7-8-18)32-15-33-24(22)19-9-10-19/h6,11-12,14-16,18-19H,4-5,7-10,13H2,1-3H3,(H,30,34)/t16-/m1/s1. The van der Waals surface area contributed by atoms with E-state index >= 15 is 0 Å². The largest absolute Gasteiger partial charge is 0.361 e. The number of hydrogen-bond acceptors (Lipinski definition) is 9. The molecule has 1 atom stereocenters. The second-order valence-corrected chi connectivity index (χ2v) is 11.4. The van der Waals surface area contributed by atoms with Crippen LogP contribution in [0.4, 0.5) is 5.82 Å². The van der Waals surface area contributed by atoms with Gasteiger partial charge in [-0.25, -0.2) is 29.9 Å². The first-order valence-electron chi connectivity index (χ1n) is 13.5. The van der Waals surface area contributed by atoms with Crippen molar-refractivity contribution < 1.29 is 0 Å². The van der Waals surface area contributed by atoms with Gasteiger partial charge in [0.1, 0.15) is 11.8 Å². The van der Waals surface area contributed by atoms with Gasteiger partial charge in [-0.2, -0.15) is 0 Å². The lowest BCUT2D eigenvalue weighted by Crippen LogP contribution is -2.28. The van der Waals surface area contributed by atoms with E-state index in [2.05, 4.69) is 39.1 Å². The fraction of sp³-hybridized carbons (Fsp3) is 0.464. The Balaban J connectivity index is 1.40. The average Bonchev–Trinajstić information content (AvgIpc) is 3.86. The van der Waals surface area contributed by atoms with E-state index in [9.17, 15) is 4.79 Å². The first-order chi connectivity index (χ1) is 18.6. The molecule has 9 nitrogen and oxygen atoms in total. The van der Waals surface area contributed by atoms with E-state index < -0.39 is 0 Å². The minimum atomic E-state index is -0.184. The molecule has 0 bridgehead atoms. The van der Waals surface area contributed by atoms with E-state index in [-0.39, 0.29) is 11.6 Å². The van der Waals surface area contributed by atoms with Crippen molar-refractivity contribution >= 4 is 28.7 Å². The molecule has 0 spiro atoms. The smallest absolute Gasteiger partial charge is 0.295 e. The van der Waals surface area contributed by atoms with Crippen LogP contribution in [0.1, 0.15) is 87.7 Å². The summed E-state index contributed by atoms with van der Waals surface area (Å²) in [5, 5.41) is 4.23. The predicted octanol–water partition coefficient (Wildman–Crippen LogP) is 5.49. The minimum Gasteiger partial charge on any atom is -0.361 e. The highest BCUT2D eigenvalue weighted by Gasteiger charge is 2.35. The number of nitrogens with zero attached hydrogens (tertiary/aromatic N) is 7. The van der Waals surface area contributed by atoms with Gasteiger partial charge in [0.2, 0.25) is 0 Å². The van der Waals surface area contributed by atoms with E-state index in [0.29, 0.717) is 41.2 Å². The Hall–Kier alpha value is -3.40. The van der Waals surface area contributed by atoms with Crippen molar-refractivity contribution in [2.75, 3.05) is 11.1 Å². The molecule has 4 heterocycles. The molecule has 0 amide bonds. The van der Waals surface area contributed by atoms with Gasteiger partial charge < -0.3 is 5.32 Å². The van der Waals surface area contributed by atoms with Crippen molar-refractivity contribution in [3.8, 4) is 11.4 Å². The molecular formula is C28H32N8OS. The molecular weight excluding hydrogens is 496 g/mol. The zero-order valence-electron chi connectivity index (χ0n) is 22.0. The highest BCUT2D eigenvalue weighted by molar-refractivity contribution is 7.99. The van der Waals surface area contributed by atoms with Crippen LogP contribution < -0.4 is 10.9 Å². The Labute approximate surface area is 226 Å². The van der Waals surface area contributed by atoms with Crippen LogP contribution in [0.3, 0.4) is 0 Å². The number of anilines is 1. The van der Waals surface area contributed by atoms with E-state index in [1.54, 1.807) is 28.9 Å². The van der Waals surface area contributed by atoms with Crippen molar-refractivity contribution in [2.24, 2.45) is 0 Å². The van der Waals surface area contributed by atoms with Crippen LogP contribution in [0.25, 0.3) is 22.6 Å². The molecule has 2 fully saturated rings. The molecule has 2 aliphatic rings. The minimum absolute atomic E-state index is 0.0545. The normalized spacial score (nSPS) is 16.1. The summed E-state index contributed by atoms with van der Waals surface area (Å²) in [5.74, 6) is 2.75. The van der Waals surface area contributed by atoms with Gasteiger partial charge in [0.05, 0.1) is 28.2 Å². The van der Waals surface area contributed by atoms with Crippen molar-refractivity contribution in [1.82, 2.24) is 34.5 Å². The number of thioether (sulfide) groups is 1. The molecule has 2 saturated carbocycles. The van der Waals surface area contributed by atoms with Crippen LogP contribution in [0.2, 0.25) is 0 Å². The Kier molecular flexibility index (Phi) is 6.82. The summed E-state index contributed by atoms with van der Waals surface area (Å²) in [7, 11) is 0. The Morgan fingerprint density at radius 2 is 1.74 bits per heavy atom. The van der Waals surface area contributed by atoms with Gasteiger partial charge in [0, 0.05) is 30.6 Å². The van der Waals surface area contributed by atoms with Crippen molar-refractivity contribution in [2.45, 2.75) is 82.3 Å². The predicted molar refractivity (Wildman–Crippen MR) is 150 cm³/mol. The van der Waals surface area contributed by atoms with Gasteiger partial charge in [-0.15, -0.1) is 11.8 Å². The quantitative estimate of drug-likeness (QED) is 0.267. The topological polar surface area (TPSA) is 111 Å². The Morgan fingerprint density at radius 3 is 2.34 bits per heavy atom. The zero-order valence-corrected chi connectivity index (χ0v) is 22.8. The third-order valence-corrected chi connectivity index (χ3v) is 8.10. The molecule has 0 unspecified atom stereocenters.